The summed E-state index contributed by atoms with van der Waals surface area (Å²) in [6.07, 6.45) is 1.72. The molecule has 2 aromatic rings. The van der Waals surface area contributed by atoms with Gasteiger partial charge in [0.25, 0.3) is 0 Å². The van der Waals surface area contributed by atoms with E-state index in [1.807, 2.05) is 31.2 Å². The molecule has 0 bridgehead atoms. The van der Waals surface area contributed by atoms with Crippen LogP contribution in [0.25, 0.3) is 10.8 Å². The molecule has 5 heteroatoms. The summed E-state index contributed by atoms with van der Waals surface area (Å²) in [5, 5.41) is 13.8. The zero-order valence-corrected chi connectivity index (χ0v) is 10.9. The standard InChI is InChI=1S/C14H16N2O3/c1-9(8-13(17)18)16-14-11-4-3-5-12(19-2)10(11)6-7-15-14/h3-7,9H,8H2,1-2H3,(H,15,16)(H,17,18). The van der Waals surface area contributed by atoms with Crippen LogP contribution in [-0.2, 0) is 4.79 Å². The normalized spacial score (nSPS) is 12.1. The van der Waals surface area contributed by atoms with Crippen molar-refractivity contribution in [1.29, 1.82) is 0 Å². The van der Waals surface area contributed by atoms with Crippen molar-refractivity contribution in [3.63, 3.8) is 0 Å². The van der Waals surface area contributed by atoms with Crippen LogP contribution in [0.5, 0.6) is 5.75 Å². The van der Waals surface area contributed by atoms with Crippen molar-refractivity contribution in [1.82, 2.24) is 4.98 Å². The molecule has 0 radical (unpaired) electrons. The van der Waals surface area contributed by atoms with E-state index in [0.717, 1.165) is 16.5 Å². The number of carbonyl (C=O) groups is 1. The van der Waals surface area contributed by atoms with Crippen molar-refractivity contribution in [2.24, 2.45) is 0 Å². The fraction of sp³-hybridized carbons (Fsp3) is 0.286. The zero-order chi connectivity index (χ0) is 13.8. The summed E-state index contributed by atoms with van der Waals surface area (Å²) in [6.45, 7) is 1.81. The highest BCUT2D eigenvalue weighted by atomic mass is 16.5. The molecule has 0 aliphatic rings. The molecule has 0 spiro atoms. The molecule has 1 heterocycles. The third-order valence-corrected chi connectivity index (χ3v) is 2.85. The number of fused-ring (bicyclic) bond motifs is 1. The van der Waals surface area contributed by atoms with Gasteiger partial charge in [-0.05, 0) is 19.1 Å². The van der Waals surface area contributed by atoms with Crippen molar-refractivity contribution in [2.45, 2.75) is 19.4 Å². The molecule has 0 fully saturated rings. The Labute approximate surface area is 111 Å². The number of rotatable bonds is 5. The monoisotopic (exact) mass is 260 g/mol. The molecule has 0 saturated carbocycles. The van der Waals surface area contributed by atoms with Gasteiger partial charge in [-0.2, -0.15) is 0 Å². The predicted molar refractivity (Wildman–Crippen MR) is 73.6 cm³/mol. The van der Waals surface area contributed by atoms with Crippen LogP contribution >= 0.6 is 0 Å². The first-order valence-electron chi connectivity index (χ1n) is 6.02. The highest BCUT2D eigenvalue weighted by Crippen LogP contribution is 2.29. The number of pyridine rings is 1. The summed E-state index contributed by atoms with van der Waals surface area (Å²) in [5.41, 5.74) is 0. The SMILES string of the molecule is COc1cccc2c(NC(C)CC(=O)O)nccc12. The Morgan fingerprint density at radius 3 is 2.89 bits per heavy atom. The van der Waals surface area contributed by atoms with Gasteiger partial charge in [-0.1, -0.05) is 12.1 Å². The lowest BCUT2D eigenvalue weighted by Gasteiger charge is -2.15. The lowest BCUT2D eigenvalue weighted by molar-refractivity contribution is -0.137. The first-order valence-corrected chi connectivity index (χ1v) is 6.02. The summed E-state index contributed by atoms with van der Waals surface area (Å²) >= 11 is 0. The van der Waals surface area contributed by atoms with E-state index < -0.39 is 5.97 Å². The Bertz CT molecular complexity index is 598. The number of carboxylic acids is 1. The van der Waals surface area contributed by atoms with Crippen molar-refractivity contribution in [3.8, 4) is 5.75 Å². The van der Waals surface area contributed by atoms with Crippen LogP contribution in [0, 0.1) is 0 Å². The molecule has 1 atom stereocenters. The Kier molecular flexibility index (Phi) is 3.85. The summed E-state index contributed by atoms with van der Waals surface area (Å²) in [4.78, 5) is 15.0. The summed E-state index contributed by atoms with van der Waals surface area (Å²) in [5.74, 6) is 0.608. The Morgan fingerprint density at radius 1 is 1.42 bits per heavy atom. The number of aromatic nitrogens is 1. The maximum Gasteiger partial charge on any atom is 0.305 e. The fourth-order valence-corrected chi connectivity index (χ4v) is 2.02. The molecule has 0 saturated heterocycles. The highest BCUT2D eigenvalue weighted by molar-refractivity contribution is 5.96. The van der Waals surface area contributed by atoms with Gasteiger partial charge in [0, 0.05) is 23.0 Å². The molecule has 0 amide bonds. The van der Waals surface area contributed by atoms with Crippen molar-refractivity contribution in [2.75, 3.05) is 12.4 Å². The lowest BCUT2D eigenvalue weighted by atomic mass is 10.1. The van der Waals surface area contributed by atoms with Crippen LogP contribution < -0.4 is 10.1 Å². The van der Waals surface area contributed by atoms with Crippen LogP contribution in [0.15, 0.2) is 30.5 Å². The van der Waals surface area contributed by atoms with Gasteiger partial charge in [-0.15, -0.1) is 0 Å². The molecule has 1 aromatic carbocycles. The smallest absolute Gasteiger partial charge is 0.305 e. The third-order valence-electron chi connectivity index (χ3n) is 2.85. The third kappa shape index (κ3) is 2.93. The van der Waals surface area contributed by atoms with E-state index in [1.165, 1.54) is 0 Å². The van der Waals surface area contributed by atoms with E-state index in [2.05, 4.69) is 10.3 Å². The number of hydrogen-bond acceptors (Lipinski definition) is 4. The molecule has 19 heavy (non-hydrogen) atoms. The summed E-state index contributed by atoms with van der Waals surface area (Å²) < 4.78 is 5.30. The van der Waals surface area contributed by atoms with Crippen LogP contribution in [-0.4, -0.2) is 29.2 Å². The number of nitrogens with zero attached hydrogens (tertiary/aromatic N) is 1. The number of hydrogen-bond donors (Lipinski definition) is 2. The number of ether oxygens (including phenoxy) is 1. The van der Waals surface area contributed by atoms with E-state index in [9.17, 15) is 4.79 Å². The first kappa shape index (κ1) is 13.1. The number of nitrogens with one attached hydrogen (secondary N) is 1. The van der Waals surface area contributed by atoms with Gasteiger partial charge in [0.1, 0.15) is 11.6 Å². The number of benzene rings is 1. The van der Waals surface area contributed by atoms with Crippen LogP contribution in [0.2, 0.25) is 0 Å². The second-order valence-electron chi connectivity index (χ2n) is 4.36. The quantitative estimate of drug-likeness (QED) is 0.864. The molecule has 1 aromatic heterocycles. The average molecular weight is 260 g/mol. The molecule has 5 nitrogen and oxygen atoms in total. The summed E-state index contributed by atoms with van der Waals surface area (Å²) in [7, 11) is 1.62. The van der Waals surface area contributed by atoms with E-state index in [4.69, 9.17) is 9.84 Å². The molecule has 1 unspecified atom stereocenters. The first-order chi connectivity index (χ1) is 9.11. The molecule has 0 aliphatic carbocycles. The fourth-order valence-electron chi connectivity index (χ4n) is 2.02. The largest absolute Gasteiger partial charge is 0.496 e. The van der Waals surface area contributed by atoms with E-state index in [1.54, 1.807) is 13.3 Å². The highest BCUT2D eigenvalue weighted by Gasteiger charge is 2.11. The maximum absolute atomic E-state index is 10.7. The molecule has 2 rings (SSSR count). The number of carboxylic acid groups (broad SMARTS) is 1. The van der Waals surface area contributed by atoms with Crippen molar-refractivity contribution in [3.05, 3.63) is 30.5 Å². The Hall–Kier alpha value is -2.30. The lowest BCUT2D eigenvalue weighted by Crippen LogP contribution is -2.20. The van der Waals surface area contributed by atoms with E-state index in [-0.39, 0.29) is 12.5 Å². The van der Waals surface area contributed by atoms with E-state index in [0.29, 0.717) is 5.82 Å². The van der Waals surface area contributed by atoms with Crippen LogP contribution in [0.4, 0.5) is 5.82 Å². The maximum atomic E-state index is 10.7. The number of methoxy groups -OCH3 is 1. The minimum atomic E-state index is -0.835. The average Bonchev–Trinajstić information content (AvgIpc) is 2.37. The second kappa shape index (κ2) is 5.56. The molecular weight excluding hydrogens is 244 g/mol. The molecule has 2 N–H and O–H groups in total. The molecule has 0 aliphatic heterocycles. The van der Waals surface area contributed by atoms with Gasteiger partial charge < -0.3 is 15.2 Å². The second-order valence-corrected chi connectivity index (χ2v) is 4.36. The molecule has 100 valence electrons. The van der Waals surface area contributed by atoms with Gasteiger partial charge in [0.05, 0.1) is 13.5 Å². The Balaban J connectivity index is 2.36. The minimum absolute atomic E-state index is 0.0437. The molecular formula is C14H16N2O3. The summed E-state index contributed by atoms with van der Waals surface area (Å²) in [6, 6.07) is 7.38. The van der Waals surface area contributed by atoms with Gasteiger partial charge in [0.15, 0.2) is 0 Å². The van der Waals surface area contributed by atoms with Crippen molar-refractivity contribution < 1.29 is 14.6 Å². The zero-order valence-electron chi connectivity index (χ0n) is 10.9. The van der Waals surface area contributed by atoms with Gasteiger partial charge in [-0.3, -0.25) is 4.79 Å². The van der Waals surface area contributed by atoms with E-state index >= 15 is 0 Å². The number of aliphatic carboxylic acids is 1. The van der Waals surface area contributed by atoms with Crippen LogP contribution in [0.1, 0.15) is 13.3 Å². The minimum Gasteiger partial charge on any atom is -0.496 e. The van der Waals surface area contributed by atoms with Crippen LogP contribution in [0.3, 0.4) is 0 Å². The Morgan fingerprint density at radius 2 is 2.21 bits per heavy atom. The number of anilines is 1. The van der Waals surface area contributed by atoms with Gasteiger partial charge in [0.2, 0.25) is 0 Å². The van der Waals surface area contributed by atoms with Gasteiger partial charge in [-0.25, -0.2) is 4.98 Å². The predicted octanol–water partition coefficient (Wildman–Crippen LogP) is 2.52. The van der Waals surface area contributed by atoms with Crippen molar-refractivity contribution >= 4 is 22.6 Å². The van der Waals surface area contributed by atoms with Gasteiger partial charge >= 0.3 is 5.97 Å². The topological polar surface area (TPSA) is 71.5 Å².